The minimum absolute atomic E-state index is 0.0596. The molecule has 2 rings (SSSR count). The summed E-state index contributed by atoms with van der Waals surface area (Å²) < 4.78 is 5.29. The summed E-state index contributed by atoms with van der Waals surface area (Å²) in [5, 5.41) is 18.1. The standard InChI is InChI=1S/C14H6Cl2N4O2/c15-8-1-9-13(21)7(6-22-14(9)10(16)2-8)5-20-12(4-18)11(19)3-17/h1-2,5-6H,19H2/b12-11-,20-5?. The van der Waals surface area contributed by atoms with Gasteiger partial charge in [0.15, 0.2) is 11.3 Å². The van der Waals surface area contributed by atoms with Crippen molar-refractivity contribution < 1.29 is 4.42 Å². The average Bonchev–Trinajstić information content (AvgIpc) is 2.50. The minimum Gasteiger partial charge on any atom is -0.462 e. The summed E-state index contributed by atoms with van der Waals surface area (Å²) in [7, 11) is 0. The number of rotatable bonds is 2. The quantitative estimate of drug-likeness (QED) is 0.670. The summed E-state index contributed by atoms with van der Waals surface area (Å²) >= 11 is 11.8. The van der Waals surface area contributed by atoms with Crippen molar-refractivity contribution in [2.24, 2.45) is 10.7 Å². The van der Waals surface area contributed by atoms with Gasteiger partial charge >= 0.3 is 0 Å². The van der Waals surface area contributed by atoms with Gasteiger partial charge in [-0.3, -0.25) is 4.79 Å². The van der Waals surface area contributed by atoms with Gasteiger partial charge < -0.3 is 10.2 Å². The molecule has 2 N–H and O–H groups in total. The highest BCUT2D eigenvalue weighted by atomic mass is 35.5. The van der Waals surface area contributed by atoms with Crippen LogP contribution in [0, 0.1) is 22.7 Å². The Morgan fingerprint density at radius 3 is 2.68 bits per heavy atom. The second-order valence-corrected chi connectivity index (χ2v) is 4.87. The number of halogens is 2. The molecule has 2 aromatic rings. The third-order valence-corrected chi connectivity index (χ3v) is 3.13. The Morgan fingerprint density at radius 1 is 1.32 bits per heavy atom. The number of nitrogens with zero attached hydrogens (tertiary/aromatic N) is 3. The van der Waals surface area contributed by atoms with E-state index in [1.165, 1.54) is 12.1 Å². The molecule has 0 atom stereocenters. The lowest BCUT2D eigenvalue weighted by Gasteiger charge is -2.01. The predicted octanol–water partition coefficient (Wildman–Crippen LogP) is 2.74. The Hall–Kier alpha value is -2.80. The van der Waals surface area contributed by atoms with Crippen LogP contribution in [0.25, 0.3) is 11.0 Å². The largest absolute Gasteiger partial charge is 0.462 e. The van der Waals surface area contributed by atoms with Gasteiger partial charge in [0, 0.05) is 11.2 Å². The topological polar surface area (TPSA) is 116 Å². The summed E-state index contributed by atoms with van der Waals surface area (Å²) in [6.45, 7) is 0. The van der Waals surface area contributed by atoms with Crippen LogP contribution in [-0.4, -0.2) is 6.21 Å². The van der Waals surface area contributed by atoms with Crippen LogP contribution in [0.1, 0.15) is 5.56 Å². The van der Waals surface area contributed by atoms with E-state index in [2.05, 4.69) is 4.99 Å². The molecule has 0 aliphatic heterocycles. The van der Waals surface area contributed by atoms with Gasteiger partial charge in [-0.05, 0) is 12.1 Å². The van der Waals surface area contributed by atoms with Gasteiger partial charge in [0.2, 0.25) is 5.43 Å². The molecule has 0 saturated heterocycles. The molecular weight excluding hydrogens is 327 g/mol. The number of nitrogens with two attached hydrogens (primary N) is 1. The molecule has 8 heteroatoms. The van der Waals surface area contributed by atoms with E-state index >= 15 is 0 Å². The maximum Gasteiger partial charge on any atom is 0.201 e. The molecule has 1 heterocycles. The van der Waals surface area contributed by atoms with Crippen LogP contribution in [0.4, 0.5) is 0 Å². The molecular formula is C14H6Cl2N4O2. The van der Waals surface area contributed by atoms with Gasteiger partial charge in [-0.1, -0.05) is 23.2 Å². The Kier molecular flexibility index (Phi) is 4.47. The zero-order valence-electron chi connectivity index (χ0n) is 10.8. The second-order valence-electron chi connectivity index (χ2n) is 4.03. The summed E-state index contributed by atoms with van der Waals surface area (Å²) in [5.41, 5.74) is 4.48. The smallest absolute Gasteiger partial charge is 0.201 e. The third kappa shape index (κ3) is 2.94. The van der Waals surface area contributed by atoms with E-state index in [9.17, 15) is 4.79 Å². The van der Waals surface area contributed by atoms with E-state index in [0.29, 0.717) is 0 Å². The molecule has 1 aromatic heterocycles. The number of aliphatic imine (C=N–C) groups is 1. The number of nitriles is 2. The number of hydrogen-bond acceptors (Lipinski definition) is 6. The zero-order valence-corrected chi connectivity index (χ0v) is 12.3. The summed E-state index contributed by atoms with van der Waals surface area (Å²) in [6.07, 6.45) is 2.23. The lowest BCUT2D eigenvalue weighted by atomic mass is 10.2. The Balaban J connectivity index is 2.61. The molecule has 0 saturated carbocycles. The molecule has 0 bridgehead atoms. The summed E-state index contributed by atoms with van der Waals surface area (Å²) in [5.74, 6) is 0. The lowest BCUT2D eigenvalue weighted by molar-refractivity contribution is 0.601. The van der Waals surface area contributed by atoms with Crippen molar-refractivity contribution in [1.82, 2.24) is 0 Å². The Morgan fingerprint density at radius 2 is 2.05 bits per heavy atom. The van der Waals surface area contributed by atoms with Crippen LogP contribution >= 0.6 is 23.2 Å². The van der Waals surface area contributed by atoms with E-state index in [-0.39, 0.29) is 38.0 Å². The van der Waals surface area contributed by atoms with Crippen LogP contribution in [0.3, 0.4) is 0 Å². The van der Waals surface area contributed by atoms with Crippen LogP contribution in [0.15, 0.2) is 44.0 Å². The first-order chi connectivity index (χ1) is 10.5. The van der Waals surface area contributed by atoms with E-state index in [1.807, 2.05) is 0 Å². The van der Waals surface area contributed by atoms with Gasteiger partial charge in [0.25, 0.3) is 0 Å². The van der Waals surface area contributed by atoms with Gasteiger partial charge in [-0.25, -0.2) is 4.99 Å². The highest BCUT2D eigenvalue weighted by Crippen LogP contribution is 2.26. The fourth-order valence-electron chi connectivity index (χ4n) is 1.61. The average molecular weight is 333 g/mol. The van der Waals surface area contributed by atoms with Crippen molar-refractivity contribution >= 4 is 40.4 Å². The number of benzene rings is 1. The predicted molar refractivity (Wildman–Crippen MR) is 82.5 cm³/mol. The fourth-order valence-corrected chi connectivity index (χ4v) is 2.15. The molecule has 1 aromatic carbocycles. The fraction of sp³-hybridized carbons (Fsp3) is 0. The number of hydrogen-bond donors (Lipinski definition) is 1. The summed E-state index contributed by atoms with van der Waals surface area (Å²) in [6, 6.07) is 6.12. The molecule has 22 heavy (non-hydrogen) atoms. The van der Waals surface area contributed by atoms with Crippen molar-refractivity contribution in [3.63, 3.8) is 0 Å². The van der Waals surface area contributed by atoms with Crippen LogP contribution in [0.2, 0.25) is 10.0 Å². The van der Waals surface area contributed by atoms with Crippen molar-refractivity contribution in [3.8, 4) is 12.1 Å². The minimum atomic E-state index is -0.429. The van der Waals surface area contributed by atoms with Crippen LogP contribution < -0.4 is 11.2 Å². The second kappa shape index (κ2) is 6.31. The van der Waals surface area contributed by atoms with Crippen LogP contribution in [0.5, 0.6) is 0 Å². The maximum absolute atomic E-state index is 12.3. The van der Waals surface area contributed by atoms with E-state index < -0.39 is 5.43 Å². The molecule has 0 amide bonds. The molecule has 6 nitrogen and oxygen atoms in total. The van der Waals surface area contributed by atoms with Crippen molar-refractivity contribution in [3.05, 3.63) is 55.6 Å². The highest BCUT2D eigenvalue weighted by molar-refractivity contribution is 6.38. The number of fused-ring (bicyclic) bond motifs is 1. The zero-order chi connectivity index (χ0) is 16.3. The van der Waals surface area contributed by atoms with Gasteiger partial charge in [0.05, 0.1) is 16.0 Å². The van der Waals surface area contributed by atoms with Gasteiger partial charge in [0.1, 0.15) is 24.1 Å². The maximum atomic E-state index is 12.3. The van der Waals surface area contributed by atoms with Crippen molar-refractivity contribution in [1.29, 1.82) is 10.5 Å². The first kappa shape index (κ1) is 15.6. The molecule has 0 unspecified atom stereocenters. The van der Waals surface area contributed by atoms with Crippen molar-refractivity contribution in [2.75, 3.05) is 0 Å². The van der Waals surface area contributed by atoms with Gasteiger partial charge in [-0.15, -0.1) is 0 Å². The van der Waals surface area contributed by atoms with E-state index in [4.69, 9.17) is 43.9 Å². The van der Waals surface area contributed by atoms with Crippen molar-refractivity contribution in [2.45, 2.75) is 0 Å². The molecule has 0 radical (unpaired) electrons. The monoisotopic (exact) mass is 332 g/mol. The molecule has 0 spiro atoms. The first-order valence-electron chi connectivity index (χ1n) is 5.72. The molecule has 0 fully saturated rings. The molecule has 0 aliphatic carbocycles. The van der Waals surface area contributed by atoms with Gasteiger partial charge in [-0.2, -0.15) is 10.5 Å². The number of allylic oxidation sites excluding steroid dienone is 2. The van der Waals surface area contributed by atoms with Crippen LogP contribution in [-0.2, 0) is 0 Å². The van der Waals surface area contributed by atoms with E-state index in [1.54, 1.807) is 12.1 Å². The molecule has 108 valence electrons. The molecule has 0 aliphatic rings. The summed E-state index contributed by atoms with van der Waals surface area (Å²) in [4.78, 5) is 16.0. The Bertz CT molecular complexity index is 962. The highest BCUT2D eigenvalue weighted by Gasteiger charge is 2.10. The normalized spacial score (nSPS) is 12.0. The Labute approximate surface area is 134 Å². The third-order valence-electron chi connectivity index (χ3n) is 2.63. The SMILES string of the molecule is N#C/C(N)=C(\C#N)N=Cc1coc2c(Cl)cc(Cl)cc2c1=O. The first-order valence-corrected chi connectivity index (χ1v) is 6.48. The van der Waals surface area contributed by atoms with E-state index in [0.717, 1.165) is 12.5 Å². The lowest BCUT2D eigenvalue weighted by Crippen LogP contribution is -2.08.